The van der Waals surface area contributed by atoms with Crippen LogP contribution in [-0.2, 0) is 4.79 Å². The van der Waals surface area contributed by atoms with Crippen LogP contribution in [0.25, 0.3) is 16.9 Å². The third-order valence-corrected chi connectivity index (χ3v) is 6.23. The van der Waals surface area contributed by atoms with Crippen molar-refractivity contribution >= 4 is 11.8 Å². The van der Waals surface area contributed by atoms with Crippen LogP contribution in [-0.4, -0.2) is 70.2 Å². The van der Waals surface area contributed by atoms with Crippen LogP contribution in [0.3, 0.4) is 0 Å². The number of carbonyl (C=O) groups is 2. The van der Waals surface area contributed by atoms with Gasteiger partial charge in [-0.2, -0.15) is 5.10 Å². The maximum atomic E-state index is 13.6. The third kappa shape index (κ3) is 4.98. The molecule has 1 saturated heterocycles. The summed E-state index contributed by atoms with van der Waals surface area (Å²) in [5.41, 5.74) is 4.27. The Kier molecular flexibility index (Phi) is 5.96. The first-order valence-electron chi connectivity index (χ1n) is 11.6. The van der Waals surface area contributed by atoms with E-state index in [4.69, 9.17) is 5.10 Å². The minimum Gasteiger partial charge on any atom is -0.352 e. The first-order chi connectivity index (χ1) is 16.1. The van der Waals surface area contributed by atoms with E-state index < -0.39 is 0 Å². The Bertz CT molecular complexity index is 1140. The summed E-state index contributed by atoms with van der Waals surface area (Å²) < 4.78 is 1.78. The van der Waals surface area contributed by atoms with Crippen molar-refractivity contribution in [2.75, 3.05) is 32.7 Å². The molecule has 0 bridgehead atoms. The van der Waals surface area contributed by atoms with E-state index in [9.17, 15) is 9.59 Å². The zero-order valence-corrected chi connectivity index (χ0v) is 18.9. The molecule has 1 N–H and O–H groups in total. The van der Waals surface area contributed by atoms with Gasteiger partial charge in [0.1, 0.15) is 5.69 Å². The number of nitrogens with one attached hydrogen (secondary N) is 1. The molecule has 3 aromatic rings. The molecule has 7 nitrogen and oxygen atoms in total. The summed E-state index contributed by atoms with van der Waals surface area (Å²) in [4.78, 5) is 29.7. The molecule has 0 spiro atoms. The maximum absolute atomic E-state index is 13.6. The minimum atomic E-state index is -0.0178. The predicted octanol–water partition coefficient (Wildman–Crippen LogP) is 2.88. The van der Waals surface area contributed by atoms with Crippen LogP contribution in [0, 0.1) is 6.92 Å². The van der Waals surface area contributed by atoms with Crippen molar-refractivity contribution in [2.24, 2.45) is 0 Å². The molecule has 0 atom stereocenters. The summed E-state index contributed by atoms with van der Waals surface area (Å²) in [7, 11) is 0. The summed E-state index contributed by atoms with van der Waals surface area (Å²) in [5.74, 6) is 0.0684. The number of nitrogens with zero attached hydrogens (tertiary/aromatic N) is 4. The summed E-state index contributed by atoms with van der Waals surface area (Å²) in [6, 6.07) is 18.3. The highest BCUT2D eigenvalue weighted by molar-refractivity contribution is 6.00. The topological polar surface area (TPSA) is 70.5 Å². The first-order valence-corrected chi connectivity index (χ1v) is 11.6. The van der Waals surface area contributed by atoms with Gasteiger partial charge in [0.05, 0.1) is 17.8 Å². The molecule has 2 heterocycles. The lowest BCUT2D eigenvalue weighted by Crippen LogP contribution is -2.51. The number of amides is 2. The molecule has 2 fully saturated rings. The molecule has 2 aliphatic rings. The molecular formula is C26H29N5O2. The van der Waals surface area contributed by atoms with Gasteiger partial charge < -0.3 is 10.2 Å². The summed E-state index contributed by atoms with van der Waals surface area (Å²) in [6.07, 6.45) is 4.02. The quantitative estimate of drug-likeness (QED) is 0.636. The van der Waals surface area contributed by atoms with E-state index in [-0.39, 0.29) is 11.8 Å². The number of benzene rings is 2. The van der Waals surface area contributed by atoms with Crippen LogP contribution >= 0.6 is 0 Å². The fourth-order valence-corrected chi connectivity index (χ4v) is 4.23. The van der Waals surface area contributed by atoms with Gasteiger partial charge in [-0.3, -0.25) is 14.5 Å². The molecule has 33 heavy (non-hydrogen) atoms. The van der Waals surface area contributed by atoms with E-state index in [1.54, 1.807) is 4.68 Å². The molecule has 170 valence electrons. The molecule has 0 unspecified atom stereocenters. The minimum absolute atomic E-state index is 0.0178. The van der Waals surface area contributed by atoms with Crippen LogP contribution in [0.5, 0.6) is 0 Å². The van der Waals surface area contributed by atoms with Crippen molar-refractivity contribution in [1.29, 1.82) is 0 Å². The number of carbonyl (C=O) groups excluding carboxylic acids is 2. The van der Waals surface area contributed by atoms with Gasteiger partial charge in [-0.25, -0.2) is 4.68 Å². The van der Waals surface area contributed by atoms with Crippen molar-refractivity contribution in [1.82, 2.24) is 24.9 Å². The van der Waals surface area contributed by atoms with Gasteiger partial charge in [0.25, 0.3) is 5.91 Å². The Morgan fingerprint density at radius 3 is 2.45 bits per heavy atom. The monoisotopic (exact) mass is 443 g/mol. The number of aryl methyl sites for hydroxylation is 1. The van der Waals surface area contributed by atoms with Crippen molar-refractivity contribution in [3.05, 3.63) is 71.9 Å². The Balaban J connectivity index is 1.35. The van der Waals surface area contributed by atoms with Crippen molar-refractivity contribution < 1.29 is 9.59 Å². The highest BCUT2D eigenvalue weighted by Crippen LogP contribution is 2.26. The van der Waals surface area contributed by atoms with E-state index in [1.807, 2.05) is 66.6 Å². The lowest BCUT2D eigenvalue weighted by molar-refractivity contribution is -0.122. The molecule has 7 heteroatoms. The van der Waals surface area contributed by atoms with Crippen molar-refractivity contribution in [3.8, 4) is 16.9 Å². The lowest BCUT2D eigenvalue weighted by atomic mass is 10.0. The van der Waals surface area contributed by atoms with E-state index in [1.165, 1.54) is 0 Å². The number of aromatic nitrogens is 2. The van der Waals surface area contributed by atoms with Crippen molar-refractivity contribution in [3.63, 3.8) is 0 Å². The number of para-hydroxylation sites is 1. The number of rotatable bonds is 6. The second-order valence-electron chi connectivity index (χ2n) is 8.95. The molecular weight excluding hydrogens is 414 g/mol. The smallest absolute Gasteiger partial charge is 0.257 e. The van der Waals surface area contributed by atoms with E-state index in [0.717, 1.165) is 29.7 Å². The maximum Gasteiger partial charge on any atom is 0.257 e. The Morgan fingerprint density at radius 1 is 1.00 bits per heavy atom. The fraction of sp³-hybridized carbons (Fsp3) is 0.346. The average molecular weight is 444 g/mol. The second-order valence-corrected chi connectivity index (χ2v) is 8.95. The molecule has 2 aromatic carbocycles. The highest BCUT2D eigenvalue weighted by Gasteiger charge is 2.28. The average Bonchev–Trinajstić information content (AvgIpc) is 3.53. The Labute approximate surface area is 194 Å². The van der Waals surface area contributed by atoms with Crippen LogP contribution in [0.2, 0.25) is 0 Å². The van der Waals surface area contributed by atoms with E-state index in [2.05, 4.69) is 16.3 Å². The molecule has 5 rings (SSSR count). The van der Waals surface area contributed by atoms with Gasteiger partial charge in [-0.15, -0.1) is 0 Å². The van der Waals surface area contributed by atoms with E-state index in [0.29, 0.717) is 50.0 Å². The molecule has 1 aliphatic carbocycles. The number of piperazine rings is 1. The summed E-state index contributed by atoms with van der Waals surface area (Å²) >= 11 is 0. The highest BCUT2D eigenvalue weighted by atomic mass is 16.2. The van der Waals surface area contributed by atoms with Gasteiger partial charge in [-0.1, -0.05) is 42.0 Å². The Morgan fingerprint density at radius 2 is 1.76 bits per heavy atom. The predicted molar refractivity (Wildman–Crippen MR) is 127 cm³/mol. The molecule has 1 saturated carbocycles. The normalized spacial score (nSPS) is 16.6. The summed E-state index contributed by atoms with van der Waals surface area (Å²) in [5, 5.41) is 7.84. The first kappa shape index (κ1) is 21.4. The molecule has 2 amide bonds. The number of hydrogen-bond donors (Lipinski definition) is 1. The molecule has 1 aliphatic heterocycles. The molecule has 1 aromatic heterocycles. The van der Waals surface area contributed by atoms with Crippen molar-refractivity contribution in [2.45, 2.75) is 25.8 Å². The standard InChI is InChI=1S/C26H29N5O2/c1-19-6-5-7-20(16-19)25-23(17-31(28-25)22-8-3-2-4-9-22)26(33)30-14-12-29(13-15-30)18-24(32)27-21-10-11-21/h2-9,16-17,21H,10-15,18H2,1H3,(H,27,32). The van der Waals surface area contributed by atoms with Gasteiger partial charge in [0.2, 0.25) is 5.91 Å². The van der Waals surface area contributed by atoms with Gasteiger partial charge in [0, 0.05) is 44.0 Å². The van der Waals surface area contributed by atoms with Crippen LogP contribution in [0.15, 0.2) is 60.8 Å². The summed E-state index contributed by atoms with van der Waals surface area (Å²) in [6.45, 7) is 5.02. The second kappa shape index (κ2) is 9.19. The van der Waals surface area contributed by atoms with Gasteiger partial charge in [0.15, 0.2) is 0 Å². The van der Waals surface area contributed by atoms with Crippen LogP contribution in [0.1, 0.15) is 28.8 Å². The Hall–Kier alpha value is -3.45. The lowest BCUT2D eigenvalue weighted by Gasteiger charge is -2.34. The van der Waals surface area contributed by atoms with Crippen LogP contribution in [0.4, 0.5) is 0 Å². The number of hydrogen-bond acceptors (Lipinski definition) is 4. The SMILES string of the molecule is Cc1cccc(-c2nn(-c3ccccc3)cc2C(=O)N2CCN(CC(=O)NC3CC3)CC2)c1. The van der Waals surface area contributed by atoms with Gasteiger partial charge >= 0.3 is 0 Å². The van der Waals surface area contributed by atoms with Crippen LogP contribution < -0.4 is 5.32 Å². The zero-order valence-electron chi connectivity index (χ0n) is 18.9. The fourth-order valence-electron chi connectivity index (χ4n) is 4.23. The third-order valence-electron chi connectivity index (χ3n) is 6.23. The zero-order chi connectivity index (χ0) is 22.8. The van der Waals surface area contributed by atoms with E-state index >= 15 is 0 Å². The van der Waals surface area contributed by atoms with Gasteiger partial charge in [-0.05, 0) is 38.0 Å². The molecule has 0 radical (unpaired) electrons. The largest absolute Gasteiger partial charge is 0.352 e.